The molecule has 3 aliphatic carbocycles. The van der Waals surface area contributed by atoms with E-state index in [2.05, 4.69) is 24.1 Å². The summed E-state index contributed by atoms with van der Waals surface area (Å²) in [5.74, 6) is 2.33. The summed E-state index contributed by atoms with van der Waals surface area (Å²) in [6.45, 7) is 7.94. The van der Waals surface area contributed by atoms with Crippen LogP contribution in [0, 0.1) is 23.7 Å². The highest BCUT2D eigenvalue weighted by Crippen LogP contribution is 2.37. The Morgan fingerprint density at radius 2 is 1.65 bits per heavy atom. The van der Waals surface area contributed by atoms with Gasteiger partial charge in [0.1, 0.15) is 6.04 Å². The van der Waals surface area contributed by atoms with Gasteiger partial charge in [0, 0.05) is 37.6 Å². The highest BCUT2D eigenvalue weighted by atomic mass is 16.2. The number of piperidine rings is 1. The fourth-order valence-corrected chi connectivity index (χ4v) is 5.78. The molecule has 3 N–H and O–H groups in total. The van der Waals surface area contributed by atoms with E-state index in [9.17, 15) is 9.59 Å². The third kappa shape index (κ3) is 6.01. The molecule has 176 valence electrons. The summed E-state index contributed by atoms with van der Waals surface area (Å²) in [5.41, 5.74) is 5.82. The maximum absolute atomic E-state index is 13.4. The van der Waals surface area contributed by atoms with Crippen molar-refractivity contribution in [3.63, 3.8) is 0 Å². The van der Waals surface area contributed by atoms with Gasteiger partial charge in [-0.25, -0.2) is 0 Å². The number of rotatable bonds is 9. The van der Waals surface area contributed by atoms with E-state index in [1.807, 2.05) is 4.90 Å². The van der Waals surface area contributed by atoms with Crippen LogP contribution in [-0.4, -0.2) is 65.9 Å². The van der Waals surface area contributed by atoms with E-state index in [0.717, 1.165) is 64.7 Å². The third-order valence-corrected chi connectivity index (χ3v) is 8.01. The molecule has 1 aliphatic heterocycles. The van der Waals surface area contributed by atoms with Crippen molar-refractivity contribution < 1.29 is 9.59 Å². The number of hydrogen-bond acceptors (Lipinski definition) is 4. The van der Waals surface area contributed by atoms with Crippen molar-refractivity contribution in [3.05, 3.63) is 0 Å². The standard InChI is InChI=1S/C25H44N4O2/c1-17(2)16-29(21-9-10-21)22-11-12-28(25(31)20-7-8-20)23(13-22)24(30)27-15-19-5-3-18(14-26)4-6-19/h17-23H,3-16,26H2,1-2H3,(H,27,30)/t18?,19?,22?,23-/m1/s1. The molecule has 0 aromatic heterocycles. The average molecular weight is 433 g/mol. The van der Waals surface area contributed by atoms with Crippen molar-refractivity contribution in [3.8, 4) is 0 Å². The van der Waals surface area contributed by atoms with Crippen LogP contribution in [0.15, 0.2) is 0 Å². The maximum atomic E-state index is 13.4. The Morgan fingerprint density at radius 1 is 0.968 bits per heavy atom. The number of hydrogen-bond donors (Lipinski definition) is 2. The van der Waals surface area contributed by atoms with Crippen LogP contribution < -0.4 is 11.1 Å². The van der Waals surface area contributed by atoms with Gasteiger partial charge in [-0.1, -0.05) is 13.8 Å². The monoisotopic (exact) mass is 432 g/mol. The Kier molecular flexibility index (Phi) is 7.58. The Hall–Kier alpha value is -1.14. The number of amides is 2. The summed E-state index contributed by atoms with van der Waals surface area (Å²) in [5, 5.41) is 3.26. The van der Waals surface area contributed by atoms with Gasteiger partial charge in [0.2, 0.25) is 11.8 Å². The predicted octanol–water partition coefficient (Wildman–Crippen LogP) is 2.76. The van der Waals surface area contributed by atoms with Gasteiger partial charge in [0.25, 0.3) is 0 Å². The van der Waals surface area contributed by atoms with E-state index >= 15 is 0 Å². The fraction of sp³-hybridized carbons (Fsp3) is 0.920. The molecular formula is C25H44N4O2. The van der Waals surface area contributed by atoms with Crippen LogP contribution in [0.4, 0.5) is 0 Å². The quantitative estimate of drug-likeness (QED) is 0.587. The molecule has 0 aromatic rings. The van der Waals surface area contributed by atoms with E-state index in [1.165, 1.54) is 25.7 Å². The molecule has 1 saturated heterocycles. The van der Waals surface area contributed by atoms with E-state index in [-0.39, 0.29) is 23.8 Å². The first kappa shape index (κ1) is 23.0. The fourth-order valence-electron chi connectivity index (χ4n) is 5.78. The number of nitrogens with zero attached hydrogens (tertiary/aromatic N) is 2. The van der Waals surface area contributed by atoms with Crippen molar-refractivity contribution in [2.45, 2.75) is 96.2 Å². The van der Waals surface area contributed by atoms with Crippen LogP contribution in [0.25, 0.3) is 0 Å². The van der Waals surface area contributed by atoms with Gasteiger partial charge < -0.3 is 16.0 Å². The molecule has 31 heavy (non-hydrogen) atoms. The maximum Gasteiger partial charge on any atom is 0.242 e. The third-order valence-electron chi connectivity index (χ3n) is 8.01. The van der Waals surface area contributed by atoms with Crippen molar-refractivity contribution in [2.24, 2.45) is 29.4 Å². The topological polar surface area (TPSA) is 78.7 Å². The Bertz CT molecular complexity index is 623. The number of nitrogens with one attached hydrogen (secondary N) is 1. The van der Waals surface area contributed by atoms with Crippen molar-refractivity contribution >= 4 is 11.8 Å². The molecule has 0 spiro atoms. The molecule has 2 amide bonds. The van der Waals surface area contributed by atoms with Crippen molar-refractivity contribution in [1.29, 1.82) is 0 Å². The molecule has 1 heterocycles. The molecule has 4 aliphatic rings. The van der Waals surface area contributed by atoms with Gasteiger partial charge in [-0.15, -0.1) is 0 Å². The lowest BCUT2D eigenvalue weighted by Crippen LogP contribution is -2.58. The predicted molar refractivity (Wildman–Crippen MR) is 123 cm³/mol. The van der Waals surface area contributed by atoms with Crippen LogP contribution in [0.5, 0.6) is 0 Å². The zero-order valence-corrected chi connectivity index (χ0v) is 19.7. The summed E-state index contributed by atoms with van der Waals surface area (Å²) in [4.78, 5) is 30.9. The number of carbonyl (C=O) groups excluding carboxylic acids is 2. The van der Waals surface area contributed by atoms with Gasteiger partial charge >= 0.3 is 0 Å². The van der Waals surface area contributed by atoms with Gasteiger partial charge in [-0.3, -0.25) is 14.5 Å². The molecule has 0 aromatic carbocycles. The molecule has 6 heteroatoms. The molecular weight excluding hydrogens is 388 g/mol. The second-order valence-corrected chi connectivity index (χ2v) is 11.2. The highest BCUT2D eigenvalue weighted by molar-refractivity contribution is 5.89. The summed E-state index contributed by atoms with van der Waals surface area (Å²) < 4.78 is 0. The van der Waals surface area contributed by atoms with E-state index in [4.69, 9.17) is 5.73 Å². The number of likely N-dealkylation sites (tertiary alicyclic amines) is 1. The summed E-state index contributed by atoms with van der Waals surface area (Å²) in [6, 6.07) is 0.828. The first-order chi connectivity index (χ1) is 15.0. The molecule has 2 atom stereocenters. The summed E-state index contributed by atoms with van der Waals surface area (Å²) in [7, 11) is 0. The first-order valence-electron chi connectivity index (χ1n) is 13.0. The Labute approximate surface area is 188 Å². The Morgan fingerprint density at radius 3 is 2.23 bits per heavy atom. The molecule has 1 unspecified atom stereocenters. The smallest absolute Gasteiger partial charge is 0.242 e. The zero-order valence-electron chi connectivity index (χ0n) is 19.7. The molecule has 0 bridgehead atoms. The zero-order chi connectivity index (χ0) is 22.0. The van der Waals surface area contributed by atoms with Gasteiger partial charge in [0.15, 0.2) is 0 Å². The van der Waals surface area contributed by atoms with Crippen LogP contribution in [-0.2, 0) is 9.59 Å². The molecule has 3 saturated carbocycles. The Balaban J connectivity index is 1.37. The summed E-state index contributed by atoms with van der Waals surface area (Å²) in [6.07, 6.45) is 11.1. The minimum absolute atomic E-state index is 0.0833. The molecule has 0 radical (unpaired) electrons. The van der Waals surface area contributed by atoms with E-state index in [1.54, 1.807) is 0 Å². The first-order valence-corrected chi connectivity index (χ1v) is 13.0. The van der Waals surface area contributed by atoms with E-state index < -0.39 is 0 Å². The van der Waals surface area contributed by atoms with E-state index in [0.29, 0.717) is 29.8 Å². The average Bonchev–Trinajstić information content (AvgIpc) is 3.68. The lowest BCUT2D eigenvalue weighted by molar-refractivity contribution is -0.145. The molecule has 4 rings (SSSR count). The lowest BCUT2D eigenvalue weighted by atomic mass is 9.82. The summed E-state index contributed by atoms with van der Waals surface area (Å²) >= 11 is 0. The molecule has 4 fully saturated rings. The number of nitrogens with two attached hydrogens (primary N) is 1. The second kappa shape index (κ2) is 10.2. The minimum atomic E-state index is -0.291. The second-order valence-electron chi connectivity index (χ2n) is 11.2. The van der Waals surface area contributed by atoms with Crippen LogP contribution in [0.2, 0.25) is 0 Å². The van der Waals surface area contributed by atoms with Crippen LogP contribution in [0.1, 0.15) is 78.1 Å². The van der Waals surface area contributed by atoms with Gasteiger partial charge in [0.05, 0.1) is 0 Å². The van der Waals surface area contributed by atoms with Crippen molar-refractivity contribution in [2.75, 3.05) is 26.2 Å². The van der Waals surface area contributed by atoms with Gasteiger partial charge in [-0.05, 0) is 88.5 Å². The SMILES string of the molecule is CC(C)CN(C1CC1)C1CCN(C(=O)C2CC2)[C@@H](C(=O)NCC2CCC(CN)CC2)C1. The van der Waals surface area contributed by atoms with Crippen LogP contribution in [0.3, 0.4) is 0 Å². The van der Waals surface area contributed by atoms with Crippen molar-refractivity contribution in [1.82, 2.24) is 15.1 Å². The lowest BCUT2D eigenvalue weighted by Gasteiger charge is -2.43. The minimum Gasteiger partial charge on any atom is -0.354 e. The van der Waals surface area contributed by atoms with Crippen LogP contribution >= 0.6 is 0 Å². The molecule has 6 nitrogen and oxygen atoms in total. The number of carbonyl (C=O) groups is 2. The van der Waals surface area contributed by atoms with Gasteiger partial charge in [-0.2, -0.15) is 0 Å². The normalized spacial score (nSPS) is 31.8. The highest BCUT2D eigenvalue weighted by Gasteiger charge is 2.44. The largest absolute Gasteiger partial charge is 0.354 e.